The van der Waals surface area contributed by atoms with Gasteiger partial charge in [-0.05, 0) is 31.9 Å². The van der Waals surface area contributed by atoms with Crippen LogP contribution in [0.3, 0.4) is 0 Å². The van der Waals surface area contributed by atoms with Crippen LogP contribution in [-0.2, 0) is 11.3 Å². The van der Waals surface area contributed by atoms with Crippen LogP contribution < -0.4 is 5.32 Å². The molecule has 19 heavy (non-hydrogen) atoms. The Bertz CT molecular complexity index is 598. The first kappa shape index (κ1) is 12.2. The summed E-state index contributed by atoms with van der Waals surface area (Å²) in [6, 6.07) is 8.11. The van der Waals surface area contributed by atoms with Crippen LogP contribution in [0.15, 0.2) is 24.3 Å². The van der Waals surface area contributed by atoms with Gasteiger partial charge in [0.15, 0.2) is 0 Å². The van der Waals surface area contributed by atoms with Gasteiger partial charge in [-0.15, -0.1) is 0 Å². The maximum Gasteiger partial charge on any atom is 0.223 e. The topological polar surface area (TPSA) is 46.9 Å². The molecule has 1 aliphatic rings. The molecule has 1 heterocycles. The zero-order valence-electron chi connectivity index (χ0n) is 11.2. The highest BCUT2D eigenvalue weighted by molar-refractivity contribution is 5.79. The monoisotopic (exact) mass is 257 g/mol. The van der Waals surface area contributed by atoms with Crippen molar-refractivity contribution in [1.29, 1.82) is 0 Å². The Morgan fingerprint density at radius 3 is 2.95 bits per heavy atom. The van der Waals surface area contributed by atoms with Gasteiger partial charge in [0.05, 0.1) is 11.0 Å². The van der Waals surface area contributed by atoms with Gasteiger partial charge in [0.2, 0.25) is 5.91 Å². The fraction of sp³-hybridized carbons (Fsp3) is 0.467. The average molecular weight is 257 g/mol. The molecule has 1 aromatic carbocycles. The molecule has 3 rings (SSSR count). The Morgan fingerprint density at radius 2 is 2.21 bits per heavy atom. The summed E-state index contributed by atoms with van der Waals surface area (Å²) in [5, 5.41) is 3.03. The largest absolute Gasteiger partial charge is 0.354 e. The number of carbonyl (C=O) groups is 1. The van der Waals surface area contributed by atoms with Crippen molar-refractivity contribution in [2.75, 3.05) is 6.54 Å². The Labute approximate surface area is 112 Å². The van der Waals surface area contributed by atoms with E-state index in [4.69, 9.17) is 0 Å². The average Bonchev–Trinajstić information content (AvgIpc) is 2.64. The van der Waals surface area contributed by atoms with Crippen molar-refractivity contribution in [1.82, 2.24) is 14.9 Å². The second-order valence-corrected chi connectivity index (χ2v) is 5.22. The maximum atomic E-state index is 11.8. The van der Waals surface area contributed by atoms with Crippen LogP contribution >= 0.6 is 0 Å². The molecular formula is C15H19N3O. The molecule has 4 nitrogen and oxygen atoms in total. The number of carbonyl (C=O) groups excluding carboxylic acids is 1. The SMILES string of the molecule is Cc1nc2ccccc2n1CCNC(=O)C1CCC1. The number of para-hydroxylation sites is 2. The molecule has 2 aromatic rings. The number of fused-ring (bicyclic) bond motifs is 1. The van der Waals surface area contributed by atoms with Crippen LogP contribution in [0.1, 0.15) is 25.1 Å². The van der Waals surface area contributed by atoms with E-state index in [1.54, 1.807) is 0 Å². The van der Waals surface area contributed by atoms with Crippen LogP contribution in [0.4, 0.5) is 0 Å². The van der Waals surface area contributed by atoms with E-state index in [0.717, 1.165) is 36.2 Å². The molecule has 0 aliphatic heterocycles. The minimum Gasteiger partial charge on any atom is -0.354 e. The van der Waals surface area contributed by atoms with E-state index in [9.17, 15) is 4.79 Å². The molecule has 1 amide bonds. The third-order valence-electron chi connectivity index (χ3n) is 3.96. The third-order valence-corrected chi connectivity index (χ3v) is 3.96. The number of hydrogen-bond acceptors (Lipinski definition) is 2. The summed E-state index contributed by atoms with van der Waals surface area (Å²) in [5.74, 6) is 1.48. The number of hydrogen-bond donors (Lipinski definition) is 1. The highest BCUT2D eigenvalue weighted by atomic mass is 16.1. The lowest BCUT2D eigenvalue weighted by molar-refractivity contribution is -0.127. The Morgan fingerprint density at radius 1 is 1.42 bits per heavy atom. The summed E-state index contributed by atoms with van der Waals surface area (Å²) >= 11 is 0. The van der Waals surface area contributed by atoms with Gasteiger partial charge in [0.1, 0.15) is 5.82 Å². The van der Waals surface area contributed by atoms with E-state index in [1.807, 2.05) is 25.1 Å². The van der Waals surface area contributed by atoms with Gasteiger partial charge in [-0.3, -0.25) is 4.79 Å². The van der Waals surface area contributed by atoms with E-state index >= 15 is 0 Å². The maximum absolute atomic E-state index is 11.8. The smallest absolute Gasteiger partial charge is 0.223 e. The van der Waals surface area contributed by atoms with Crippen molar-refractivity contribution >= 4 is 16.9 Å². The lowest BCUT2D eigenvalue weighted by Gasteiger charge is -2.24. The molecule has 1 saturated carbocycles. The predicted octanol–water partition coefficient (Wildman–Crippen LogP) is 2.26. The standard InChI is InChI=1S/C15H19N3O/c1-11-17-13-7-2-3-8-14(13)18(11)10-9-16-15(19)12-5-4-6-12/h2-3,7-8,12H,4-6,9-10H2,1H3,(H,16,19). The van der Waals surface area contributed by atoms with E-state index in [0.29, 0.717) is 6.54 Å². The Hall–Kier alpha value is -1.84. The molecular weight excluding hydrogens is 238 g/mol. The zero-order chi connectivity index (χ0) is 13.2. The molecule has 0 unspecified atom stereocenters. The number of amides is 1. The van der Waals surface area contributed by atoms with Crippen LogP contribution in [0, 0.1) is 12.8 Å². The lowest BCUT2D eigenvalue weighted by atomic mass is 9.85. The highest BCUT2D eigenvalue weighted by Crippen LogP contribution is 2.26. The number of aryl methyl sites for hydroxylation is 1. The number of imidazole rings is 1. The van der Waals surface area contributed by atoms with Crippen molar-refractivity contribution in [3.05, 3.63) is 30.1 Å². The molecule has 100 valence electrons. The van der Waals surface area contributed by atoms with Crippen molar-refractivity contribution in [2.45, 2.75) is 32.7 Å². The van der Waals surface area contributed by atoms with E-state index in [1.165, 1.54) is 6.42 Å². The first-order chi connectivity index (χ1) is 9.25. The van der Waals surface area contributed by atoms with Gasteiger partial charge < -0.3 is 9.88 Å². The summed E-state index contributed by atoms with van der Waals surface area (Å²) in [5.41, 5.74) is 2.16. The molecule has 0 spiro atoms. The molecule has 0 saturated heterocycles. The zero-order valence-corrected chi connectivity index (χ0v) is 11.2. The van der Waals surface area contributed by atoms with Gasteiger partial charge >= 0.3 is 0 Å². The fourth-order valence-corrected chi connectivity index (χ4v) is 2.58. The van der Waals surface area contributed by atoms with Crippen LogP contribution in [-0.4, -0.2) is 22.0 Å². The summed E-state index contributed by atoms with van der Waals surface area (Å²) in [7, 11) is 0. The molecule has 1 N–H and O–H groups in total. The summed E-state index contributed by atoms with van der Waals surface area (Å²) in [4.78, 5) is 16.3. The quantitative estimate of drug-likeness (QED) is 0.913. The van der Waals surface area contributed by atoms with E-state index in [2.05, 4.69) is 20.9 Å². The molecule has 1 fully saturated rings. The number of benzene rings is 1. The second kappa shape index (κ2) is 5.03. The van der Waals surface area contributed by atoms with E-state index in [-0.39, 0.29) is 11.8 Å². The van der Waals surface area contributed by atoms with Crippen LogP contribution in [0.2, 0.25) is 0 Å². The van der Waals surface area contributed by atoms with Gasteiger partial charge in [-0.2, -0.15) is 0 Å². The summed E-state index contributed by atoms with van der Waals surface area (Å²) in [6.45, 7) is 3.47. The molecule has 4 heteroatoms. The number of nitrogens with one attached hydrogen (secondary N) is 1. The fourth-order valence-electron chi connectivity index (χ4n) is 2.58. The highest BCUT2D eigenvalue weighted by Gasteiger charge is 2.24. The molecule has 0 bridgehead atoms. The van der Waals surface area contributed by atoms with Crippen molar-refractivity contribution < 1.29 is 4.79 Å². The summed E-state index contributed by atoms with van der Waals surface area (Å²) in [6.07, 6.45) is 3.31. The summed E-state index contributed by atoms with van der Waals surface area (Å²) < 4.78 is 2.16. The first-order valence-corrected chi connectivity index (χ1v) is 6.95. The van der Waals surface area contributed by atoms with Gasteiger partial charge in [-0.1, -0.05) is 18.6 Å². The molecule has 1 aliphatic carbocycles. The lowest BCUT2D eigenvalue weighted by Crippen LogP contribution is -2.36. The first-order valence-electron chi connectivity index (χ1n) is 6.95. The van der Waals surface area contributed by atoms with E-state index < -0.39 is 0 Å². The minimum absolute atomic E-state index is 0.216. The third kappa shape index (κ3) is 2.35. The normalized spacial score (nSPS) is 15.4. The Balaban J connectivity index is 1.64. The van der Waals surface area contributed by atoms with Crippen molar-refractivity contribution in [3.8, 4) is 0 Å². The van der Waals surface area contributed by atoms with Crippen molar-refractivity contribution in [3.63, 3.8) is 0 Å². The second-order valence-electron chi connectivity index (χ2n) is 5.22. The van der Waals surface area contributed by atoms with Gasteiger partial charge in [0, 0.05) is 19.0 Å². The van der Waals surface area contributed by atoms with Crippen LogP contribution in [0.5, 0.6) is 0 Å². The van der Waals surface area contributed by atoms with Crippen molar-refractivity contribution in [2.24, 2.45) is 5.92 Å². The number of nitrogens with zero attached hydrogens (tertiary/aromatic N) is 2. The van der Waals surface area contributed by atoms with Crippen LogP contribution in [0.25, 0.3) is 11.0 Å². The number of aromatic nitrogens is 2. The Kier molecular flexibility index (Phi) is 3.23. The molecule has 1 aromatic heterocycles. The molecule has 0 atom stereocenters. The molecule has 0 radical (unpaired) electrons. The minimum atomic E-state index is 0.216. The van der Waals surface area contributed by atoms with Gasteiger partial charge in [0.25, 0.3) is 0 Å². The predicted molar refractivity (Wildman–Crippen MR) is 74.8 cm³/mol. The van der Waals surface area contributed by atoms with Gasteiger partial charge in [-0.25, -0.2) is 4.98 Å². The number of rotatable bonds is 4.